The zero-order valence-corrected chi connectivity index (χ0v) is 10.4. The van der Waals surface area contributed by atoms with Gasteiger partial charge in [-0.25, -0.2) is 9.50 Å². The van der Waals surface area contributed by atoms with Gasteiger partial charge in [-0.3, -0.25) is 4.68 Å². The number of hydrogen-bond acceptors (Lipinski definition) is 4. The van der Waals surface area contributed by atoms with Crippen LogP contribution in [0.2, 0.25) is 5.15 Å². The monoisotopic (exact) mass is 269 g/mol. The fraction of sp³-hybridized carbons (Fsp3) is 0.100. The highest BCUT2D eigenvalue weighted by molar-refractivity contribution is 6.36. The van der Waals surface area contributed by atoms with Gasteiger partial charge in [0.1, 0.15) is 27.5 Å². The van der Waals surface area contributed by atoms with E-state index >= 15 is 0 Å². The Kier molecular flexibility index (Phi) is 2.65. The van der Waals surface area contributed by atoms with Crippen LogP contribution in [0.15, 0.2) is 31.0 Å². The number of aromatic nitrogens is 5. The van der Waals surface area contributed by atoms with Crippen molar-refractivity contribution in [1.82, 2.24) is 24.4 Å². The number of nitrogens with zero attached hydrogens (tertiary/aromatic N) is 5. The largest absolute Gasteiger partial charge is 0.388 e. The standard InChI is InChI=1S/C10H6B2ClN5O/c11-10(12,19)18-4-7(2-15-18)6-1-8-9(13)14-5-16-17(8)3-6/h1-5,19H. The summed E-state index contributed by atoms with van der Waals surface area (Å²) in [5.41, 5.74) is 0.158. The average molecular weight is 269 g/mol. The molecule has 90 valence electrons. The molecular weight excluding hydrogens is 263 g/mol. The van der Waals surface area contributed by atoms with E-state index in [1.165, 1.54) is 18.7 Å². The summed E-state index contributed by atoms with van der Waals surface area (Å²) < 4.78 is 2.65. The van der Waals surface area contributed by atoms with Gasteiger partial charge in [0.15, 0.2) is 5.15 Å². The van der Waals surface area contributed by atoms with Gasteiger partial charge >= 0.3 is 0 Å². The topological polar surface area (TPSA) is 68.2 Å². The molecule has 19 heavy (non-hydrogen) atoms. The second kappa shape index (κ2) is 4.11. The van der Waals surface area contributed by atoms with E-state index in [2.05, 4.69) is 15.2 Å². The minimum Gasteiger partial charge on any atom is -0.388 e. The predicted octanol–water partition coefficient (Wildman–Crippen LogP) is 0.143. The maximum atomic E-state index is 9.44. The van der Waals surface area contributed by atoms with Crippen LogP contribution in [0, 0.1) is 0 Å². The Morgan fingerprint density at radius 2 is 2.00 bits per heavy atom. The molecule has 3 aromatic rings. The van der Waals surface area contributed by atoms with Crippen molar-refractivity contribution in [2.75, 3.05) is 0 Å². The van der Waals surface area contributed by atoms with Crippen molar-refractivity contribution in [2.45, 2.75) is 5.52 Å². The van der Waals surface area contributed by atoms with E-state index in [-0.39, 0.29) is 0 Å². The molecule has 0 saturated heterocycles. The smallest absolute Gasteiger partial charge is 0.156 e. The molecule has 0 aromatic carbocycles. The van der Waals surface area contributed by atoms with Crippen molar-refractivity contribution in [3.05, 3.63) is 36.1 Å². The molecule has 3 heterocycles. The van der Waals surface area contributed by atoms with Crippen LogP contribution < -0.4 is 0 Å². The molecular formula is C10H6B2ClN5O. The lowest BCUT2D eigenvalue weighted by molar-refractivity contribution is 0.126. The van der Waals surface area contributed by atoms with E-state index in [9.17, 15) is 5.11 Å². The van der Waals surface area contributed by atoms with Gasteiger partial charge in [0.2, 0.25) is 0 Å². The van der Waals surface area contributed by atoms with Gasteiger partial charge in [0, 0.05) is 23.5 Å². The highest BCUT2D eigenvalue weighted by Gasteiger charge is 2.16. The van der Waals surface area contributed by atoms with E-state index in [1.807, 2.05) is 0 Å². The Balaban J connectivity index is 2.09. The van der Waals surface area contributed by atoms with Crippen LogP contribution in [0.3, 0.4) is 0 Å². The van der Waals surface area contributed by atoms with Crippen molar-refractivity contribution >= 4 is 32.8 Å². The van der Waals surface area contributed by atoms with Gasteiger partial charge in [0.25, 0.3) is 0 Å². The lowest BCUT2D eigenvalue weighted by Gasteiger charge is -2.18. The van der Waals surface area contributed by atoms with E-state index in [0.29, 0.717) is 10.7 Å². The number of halogens is 1. The first-order valence-electron chi connectivity index (χ1n) is 5.30. The molecule has 6 nitrogen and oxygen atoms in total. The quantitative estimate of drug-likeness (QED) is 0.672. The number of hydrogen-bond donors (Lipinski definition) is 1. The SMILES string of the molecule is [B]C([B])(O)n1cc(-c2cc3c(Cl)ncnn3c2)cn1. The van der Waals surface area contributed by atoms with Crippen LogP contribution in [-0.2, 0) is 5.52 Å². The minimum atomic E-state index is -2.03. The molecule has 0 spiro atoms. The second-order valence-corrected chi connectivity index (χ2v) is 4.42. The Labute approximate surface area is 115 Å². The second-order valence-electron chi connectivity index (χ2n) is 4.07. The summed E-state index contributed by atoms with van der Waals surface area (Å²) in [6.07, 6.45) is 6.17. The molecule has 0 aliphatic rings. The van der Waals surface area contributed by atoms with Crippen molar-refractivity contribution in [2.24, 2.45) is 0 Å². The average Bonchev–Trinajstić information content (AvgIpc) is 2.94. The van der Waals surface area contributed by atoms with E-state index in [4.69, 9.17) is 27.3 Å². The first-order chi connectivity index (χ1) is 8.95. The van der Waals surface area contributed by atoms with E-state index < -0.39 is 5.52 Å². The third-order valence-corrected chi connectivity index (χ3v) is 2.93. The molecule has 0 aliphatic heterocycles. The van der Waals surface area contributed by atoms with Gasteiger partial charge in [-0.05, 0) is 6.07 Å². The third kappa shape index (κ3) is 2.13. The van der Waals surface area contributed by atoms with Gasteiger partial charge in [0.05, 0.1) is 11.7 Å². The molecule has 9 heteroatoms. The van der Waals surface area contributed by atoms with Crippen LogP contribution in [0.4, 0.5) is 0 Å². The molecule has 3 aromatic heterocycles. The third-order valence-electron chi connectivity index (χ3n) is 2.64. The Bertz CT molecular complexity index is 748. The van der Waals surface area contributed by atoms with E-state index in [1.54, 1.807) is 16.8 Å². The lowest BCUT2D eigenvalue weighted by atomic mass is 9.73. The molecule has 0 saturated carbocycles. The van der Waals surface area contributed by atoms with Crippen LogP contribution in [-0.4, -0.2) is 45.2 Å². The molecule has 0 amide bonds. The summed E-state index contributed by atoms with van der Waals surface area (Å²) in [5, 5.41) is 17.7. The van der Waals surface area contributed by atoms with Gasteiger partial charge < -0.3 is 5.11 Å². The zero-order chi connectivity index (χ0) is 13.6. The Morgan fingerprint density at radius 3 is 2.63 bits per heavy atom. The van der Waals surface area contributed by atoms with Crippen LogP contribution in [0.25, 0.3) is 16.6 Å². The molecule has 0 fully saturated rings. The number of rotatable bonds is 2. The highest BCUT2D eigenvalue weighted by Crippen LogP contribution is 2.25. The first kappa shape index (κ1) is 12.3. The lowest BCUT2D eigenvalue weighted by Crippen LogP contribution is -2.34. The fourth-order valence-corrected chi connectivity index (χ4v) is 1.91. The van der Waals surface area contributed by atoms with Crippen LogP contribution in [0.1, 0.15) is 0 Å². The van der Waals surface area contributed by atoms with E-state index in [0.717, 1.165) is 15.8 Å². The van der Waals surface area contributed by atoms with Crippen molar-refractivity contribution in [3.8, 4) is 11.1 Å². The summed E-state index contributed by atoms with van der Waals surface area (Å²) in [6, 6.07) is 1.80. The summed E-state index contributed by atoms with van der Waals surface area (Å²) >= 11 is 5.96. The number of fused-ring (bicyclic) bond motifs is 1. The molecule has 0 bridgehead atoms. The van der Waals surface area contributed by atoms with Gasteiger partial charge in [-0.2, -0.15) is 10.2 Å². The predicted molar refractivity (Wildman–Crippen MR) is 70.9 cm³/mol. The molecule has 3 rings (SSSR count). The van der Waals surface area contributed by atoms with Crippen molar-refractivity contribution in [1.29, 1.82) is 0 Å². The fourth-order valence-electron chi connectivity index (χ4n) is 1.73. The molecule has 1 N–H and O–H groups in total. The van der Waals surface area contributed by atoms with Crippen LogP contribution in [0.5, 0.6) is 0 Å². The highest BCUT2D eigenvalue weighted by atomic mass is 35.5. The first-order valence-corrected chi connectivity index (χ1v) is 5.67. The summed E-state index contributed by atoms with van der Waals surface area (Å²) in [4.78, 5) is 3.89. The minimum absolute atomic E-state index is 0.350. The molecule has 4 radical (unpaired) electrons. The normalized spacial score (nSPS) is 12.1. The summed E-state index contributed by atoms with van der Waals surface area (Å²) in [7, 11) is 10.7. The molecule has 0 atom stereocenters. The van der Waals surface area contributed by atoms with Gasteiger partial charge in [-0.1, -0.05) is 11.6 Å². The summed E-state index contributed by atoms with van der Waals surface area (Å²) in [6.45, 7) is 0. The summed E-state index contributed by atoms with van der Waals surface area (Å²) in [5.74, 6) is 0. The molecule has 0 aliphatic carbocycles. The Hall–Kier alpha value is -1.79. The zero-order valence-electron chi connectivity index (χ0n) is 9.60. The maximum absolute atomic E-state index is 9.44. The molecule has 0 unspecified atom stereocenters. The van der Waals surface area contributed by atoms with Crippen molar-refractivity contribution in [3.63, 3.8) is 0 Å². The Morgan fingerprint density at radius 1 is 1.21 bits per heavy atom. The number of aliphatic hydroxyl groups is 1. The van der Waals surface area contributed by atoms with Crippen molar-refractivity contribution < 1.29 is 5.11 Å². The van der Waals surface area contributed by atoms with Crippen LogP contribution >= 0.6 is 11.6 Å². The van der Waals surface area contributed by atoms with Gasteiger partial charge in [-0.15, -0.1) is 0 Å². The maximum Gasteiger partial charge on any atom is 0.156 e.